The molecule has 0 aromatic carbocycles. The van der Waals surface area contributed by atoms with Gasteiger partial charge in [-0.3, -0.25) is 9.78 Å². The van der Waals surface area contributed by atoms with Gasteiger partial charge in [-0.25, -0.2) is 4.79 Å². The second-order valence-electron chi connectivity index (χ2n) is 3.33. The number of rotatable bonds is 3. The molecule has 0 saturated heterocycles. The zero-order valence-electron chi connectivity index (χ0n) is 8.52. The van der Waals surface area contributed by atoms with Crippen LogP contribution in [0.4, 0.5) is 0 Å². The van der Waals surface area contributed by atoms with Crippen molar-refractivity contribution in [3.8, 4) is 0 Å². The maximum Gasteiger partial charge on any atom is 0.338 e. The molecule has 2 N–H and O–H groups in total. The fourth-order valence-corrected chi connectivity index (χ4v) is 1.09. The van der Waals surface area contributed by atoms with Crippen molar-refractivity contribution in [3.05, 3.63) is 29.6 Å². The van der Waals surface area contributed by atoms with E-state index in [1.807, 2.05) is 0 Å². The molecular weight excluding hydrogens is 196 g/mol. The van der Waals surface area contributed by atoms with E-state index in [0.29, 0.717) is 0 Å². The molecule has 0 radical (unpaired) electrons. The second-order valence-corrected chi connectivity index (χ2v) is 3.33. The molecular formula is C10H12N2O3. The van der Waals surface area contributed by atoms with Crippen LogP contribution in [0.1, 0.15) is 34.7 Å². The molecule has 0 spiro atoms. The third kappa shape index (κ3) is 2.77. The Bertz CT molecular complexity index is 388. The Morgan fingerprint density at radius 3 is 2.67 bits per heavy atom. The van der Waals surface area contributed by atoms with Gasteiger partial charge in [0.2, 0.25) is 0 Å². The van der Waals surface area contributed by atoms with Gasteiger partial charge < -0.3 is 10.4 Å². The summed E-state index contributed by atoms with van der Waals surface area (Å²) in [5.41, 5.74) is -0.144. The molecule has 1 amide bonds. The van der Waals surface area contributed by atoms with Gasteiger partial charge in [0.1, 0.15) is 5.69 Å². The molecule has 1 heterocycles. The number of hydrogen-bond donors (Lipinski definition) is 2. The molecule has 1 rings (SSSR count). The van der Waals surface area contributed by atoms with E-state index in [9.17, 15) is 9.59 Å². The van der Waals surface area contributed by atoms with Crippen molar-refractivity contribution in [1.29, 1.82) is 0 Å². The van der Waals surface area contributed by atoms with Gasteiger partial charge in [0.25, 0.3) is 5.91 Å². The Morgan fingerprint density at radius 2 is 2.13 bits per heavy atom. The minimum atomic E-state index is -1.16. The summed E-state index contributed by atoms with van der Waals surface area (Å²) in [5.74, 6) is -1.62. The lowest BCUT2D eigenvalue weighted by atomic mass is 10.2. The van der Waals surface area contributed by atoms with Crippen LogP contribution in [0.3, 0.4) is 0 Å². The third-order valence-electron chi connectivity index (χ3n) is 1.67. The quantitative estimate of drug-likeness (QED) is 0.774. The molecule has 0 aliphatic carbocycles. The molecule has 0 atom stereocenters. The summed E-state index contributed by atoms with van der Waals surface area (Å²) in [7, 11) is 0. The Balaban J connectivity index is 3.03. The minimum Gasteiger partial charge on any atom is -0.478 e. The van der Waals surface area contributed by atoms with E-state index >= 15 is 0 Å². The smallest absolute Gasteiger partial charge is 0.338 e. The Kier molecular flexibility index (Phi) is 3.38. The number of carboxylic acids is 1. The van der Waals surface area contributed by atoms with E-state index in [-0.39, 0.29) is 17.3 Å². The first-order chi connectivity index (χ1) is 7.02. The van der Waals surface area contributed by atoms with Crippen LogP contribution in [0.25, 0.3) is 0 Å². The van der Waals surface area contributed by atoms with Gasteiger partial charge in [0, 0.05) is 12.2 Å². The highest BCUT2D eigenvalue weighted by molar-refractivity contribution is 6.03. The number of hydrogen-bond acceptors (Lipinski definition) is 3. The molecule has 0 saturated carbocycles. The zero-order chi connectivity index (χ0) is 11.4. The predicted octanol–water partition coefficient (Wildman–Crippen LogP) is 0.918. The molecule has 5 nitrogen and oxygen atoms in total. The summed E-state index contributed by atoms with van der Waals surface area (Å²) < 4.78 is 0. The summed E-state index contributed by atoms with van der Waals surface area (Å²) >= 11 is 0. The van der Waals surface area contributed by atoms with E-state index in [2.05, 4.69) is 10.3 Å². The number of amides is 1. The van der Waals surface area contributed by atoms with E-state index in [1.54, 1.807) is 13.8 Å². The fraction of sp³-hybridized carbons (Fsp3) is 0.300. The van der Waals surface area contributed by atoms with E-state index < -0.39 is 11.9 Å². The summed E-state index contributed by atoms with van der Waals surface area (Å²) in [6.45, 7) is 3.59. The predicted molar refractivity (Wildman–Crippen MR) is 53.8 cm³/mol. The van der Waals surface area contributed by atoms with Crippen LogP contribution < -0.4 is 5.32 Å². The summed E-state index contributed by atoms with van der Waals surface area (Å²) in [5, 5.41) is 11.4. The van der Waals surface area contributed by atoms with Gasteiger partial charge in [0.05, 0.1) is 5.56 Å². The monoisotopic (exact) mass is 208 g/mol. The maximum atomic E-state index is 11.5. The Labute approximate surface area is 87.1 Å². The lowest BCUT2D eigenvalue weighted by molar-refractivity contribution is 0.0689. The average molecular weight is 208 g/mol. The zero-order valence-corrected chi connectivity index (χ0v) is 8.52. The van der Waals surface area contributed by atoms with Gasteiger partial charge in [-0.15, -0.1) is 0 Å². The van der Waals surface area contributed by atoms with E-state index in [0.717, 1.165) is 0 Å². The number of pyridine rings is 1. The normalized spacial score (nSPS) is 10.1. The third-order valence-corrected chi connectivity index (χ3v) is 1.67. The molecule has 15 heavy (non-hydrogen) atoms. The highest BCUT2D eigenvalue weighted by Crippen LogP contribution is 2.05. The van der Waals surface area contributed by atoms with Crippen molar-refractivity contribution in [2.24, 2.45) is 0 Å². The van der Waals surface area contributed by atoms with Crippen LogP contribution >= 0.6 is 0 Å². The van der Waals surface area contributed by atoms with Crippen molar-refractivity contribution in [3.63, 3.8) is 0 Å². The molecule has 1 aromatic rings. The molecule has 5 heteroatoms. The molecule has 80 valence electrons. The van der Waals surface area contributed by atoms with Crippen molar-refractivity contribution in [2.75, 3.05) is 0 Å². The first-order valence-electron chi connectivity index (χ1n) is 4.51. The number of aromatic carboxylic acids is 1. The highest BCUT2D eigenvalue weighted by Gasteiger charge is 2.17. The second kappa shape index (κ2) is 4.54. The van der Waals surface area contributed by atoms with Crippen LogP contribution in [-0.4, -0.2) is 28.0 Å². The Morgan fingerprint density at radius 1 is 1.47 bits per heavy atom. The number of carboxylic acid groups (broad SMARTS) is 1. The van der Waals surface area contributed by atoms with Crippen LogP contribution in [0.5, 0.6) is 0 Å². The lowest BCUT2D eigenvalue weighted by Gasteiger charge is -2.08. The fourth-order valence-electron chi connectivity index (χ4n) is 1.09. The van der Waals surface area contributed by atoms with Gasteiger partial charge in [-0.2, -0.15) is 0 Å². The lowest BCUT2D eigenvalue weighted by Crippen LogP contribution is -2.32. The number of nitrogens with zero attached hydrogens (tertiary/aromatic N) is 1. The molecule has 0 unspecified atom stereocenters. The molecule has 1 aromatic heterocycles. The number of aromatic nitrogens is 1. The summed E-state index contributed by atoms with van der Waals surface area (Å²) in [6, 6.07) is 2.78. The van der Waals surface area contributed by atoms with Crippen molar-refractivity contribution >= 4 is 11.9 Å². The van der Waals surface area contributed by atoms with Crippen LogP contribution in [0.15, 0.2) is 18.3 Å². The Hall–Kier alpha value is -1.91. The van der Waals surface area contributed by atoms with Gasteiger partial charge in [-0.05, 0) is 26.0 Å². The molecule has 0 fully saturated rings. The number of carbonyl (C=O) groups is 2. The van der Waals surface area contributed by atoms with Crippen LogP contribution in [0.2, 0.25) is 0 Å². The van der Waals surface area contributed by atoms with Crippen LogP contribution in [-0.2, 0) is 0 Å². The number of carbonyl (C=O) groups excluding carboxylic acids is 1. The largest absolute Gasteiger partial charge is 0.478 e. The minimum absolute atomic E-state index is 0.0545. The maximum absolute atomic E-state index is 11.5. The molecule has 0 bridgehead atoms. The van der Waals surface area contributed by atoms with Crippen LogP contribution in [0, 0.1) is 0 Å². The topological polar surface area (TPSA) is 79.3 Å². The van der Waals surface area contributed by atoms with E-state index in [1.165, 1.54) is 18.3 Å². The van der Waals surface area contributed by atoms with Gasteiger partial charge in [-0.1, -0.05) is 0 Å². The standard InChI is InChI=1S/C10H12N2O3/c1-6(2)12-9(13)8-7(10(14)15)4-3-5-11-8/h3-6H,1-2H3,(H,12,13)(H,14,15). The van der Waals surface area contributed by atoms with Gasteiger partial charge in [0.15, 0.2) is 0 Å². The highest BCUT2D eigenvalue weighted by atomic mass is 16.4. The van der Waals surface area contributed by atoms with Gasteiger partial charge >= 0.3 is 5.97 Å². The summed E-state index contributed by atoms with van der Waals surface area (Å²) in [4.78, 5) is 26.1. The number of nitrogens with one attached hydrogen (secondary N) is 1. The average Bonchev–Trinajstić information content (AvgIpc) is 2.16. The first kappa shape index (κ1) is 11.2. The van der Waals surface area contributed by atoms with E-state index in [4.69, 9.17) is 5.11 Å². The molecule has 0 aliphatic rings. The van der Waals surface area contributed by atoms with Crippen molar-refractivity contribution < 1.29 is 14.7 Å². The first-order valence-corrected chi connectivity index (χ1v) is 4.51. The SMILES string of the molecule is CC(C)NC(=O)c1ncccc1C(=O)O. The molecule has 0 aliphatic heterocycles. The van der Waals surface area contributed by atoms with Crippen molar-refractivity contribution in [1.82, 2.24) is 10.3 Å². The summed E-state index contributed by atoms with van der Waals surface area (Å²) in [6.07, 6.45) is 1.39. The van der Waals surface area contributed by atoms with Crippen molar-refractivity contribution in [2.45, 2.75) is 19.9 Å².